The van der Waals surface area contributed by atoms with Crippen molar-refractivity contribution in [1.82, 2.24) is 5.32 Å². The lowest BCUT2D eigenvalue weighted by Crippen LogP contribution is -2.22. The molecule has 0 spiro atoms. The number of rotatable bonds is 5. The third-order valence-corrected chi connectivity index (χ3v) is 3.80. The van der Waals surface area contributed by atoms with Gasteiger partial charge in [0.2, 0.25) is 0 Å². The highest BCUT2D eigenvalue weighted by atomic mass is 16.3. The summed E-state index contributed by atoms with van der Waals surface area (Å²) in [5, 5.41) is 22.4. The number of phenols is 1. The van der Waals surface area contributed by atoms with E-state index >= 15 is 0 Å². The number of nitrogens with zero attached hydrogens (tertiary/aromatic N) is 1. The molecule has 0 saturated carbocycles. The second kappa shape index (κ2) is 7.12. The zero-order chi connectivity index (χ0) is 14.4. The number of aryl methyl sites for hydroxylation is 1. The van der Waals surface area contributed by atoms with E-state index in [9.17, 15) is 10.4 Å². The number of hydrogen-bond donors (Lipinski definition) is 2. The van der Waals surface area contributed by atoms with E-state index in [2.05, 4.69) is 17.5 Å². The molecule has 1 aromatic rings. The van der Waals surface area contributed by atoms with Gasteiger partial charge in [0.05, 0.1) is 6.07 Å². The van der Waals surface area contributed by atoms with Crippen molar-refractivity contribution in [2.75, 3.05) is 6.54 Å². The molecule has 0 bridgehead atoms. The molecule has 1 unspecified atom stereocenters. The van der Waals surface area contributed by atoms with Gasteiger partial charge in [-0.25, -0.2) is 0 Å². The molecule has 0 aromatic heterocycles. The van der Waals surface area contributed by atoms with Crippen molar-refractivity contribution in [3.63, 3.8) is 0 Å². The maximum atomic E-state index is 9.88. The van der Waals surface area contributed by atoms with E-state index in [-0.39, 0.29) is 5.75 Å². The number of nitriles is 1. The van der Waals surface area contributed by atoms with Gasteiger partial charge in [0.15, 0.2) is 0 Å². The Bertz CT molecular complexity index is 528. The van der Waals surface area contributed by atoms with Gasteiger partial charge in [0.1, 0.15) is 11.8 Å². The molecule has 20 heavy (non-hydrogen) atoms. The highest BCUT2D eigenvalue weighted by Crippen LogP contribution is 2.25. The molecule has 2 N–H and O–H groups in total. The average Bonchev–Trinajstić information content (AvgIpc) is 2.48. The van der Waals surface area contributed by atoms with Crippen LogP contribution in [0.25, 0.3) is 0 Å². The van der Waals surface area contributed by atoms with Crippen molar-refractivity contribution in [1.29, 1.82) is 5.26 Å². The first-order valence-corrected chi connectivity index (χ1v) is 7.31. The fourth-order valence-corrected chi connectivity index (χ4v) is 2.64. The van der Waals surface area contributed by atoms with Crippen LogP contribution in [-0.4, -0.2) is 11.7 Å². The molecule has 0 saturated heterocycles. The van der Waals surface area contributed by atoms with Crippen LogP contribution in [0.2, 0.25) is 0 Å². The average molecular weight is 270 g/mol. The number of phenolic OH excluding ortho intramolecular Hbond substituents is 1. The molecule has 1 aliphatic carbocycles. The highest BCUT2D eigenvalue weighted by molar-refractivity contribution is 5.40. The van der Waals surface area contributed by atoms with Gasteiger partial charge in [-0.3, -0.25) is 5.32 Å². The van der Waals surface area contributed by atoms with E-state index in [0.29, 0.717) is 5.56 Å². The van der Waals surface area contributed by atoms with Crippen molar-refractivity contribution < 1.29 is 5.11 Å². The molecule has 0 amide bonds. The quantitative estimate of drug-likeness (QED) is 0.801. The van der Waals surface area contributed by atoms with Gasteiger partial charge in [-0.15, -0.1) is 0 Å². The fraction of sp³-hybridized carbons (Fsp3) is 0.471. The molecule has 0 fully saturated rings. The van der Waals surface area contributed by atoms with Crippen LogP contribution in [0.15, 0.2) is 29.8 Å². The van der Waals surface area contributed by atoms with Crippen molar-refractivity contribution in [2.45, 2.75) is 45.1 Å². The van der Waals surface area contributed by atoms with Gasteiger partial charge in [0, 0.05) is 12.1 Å². The SMILES string of the molecule is Cc1ccc(O)c(C(C#N)NCCC2=CCCCC2)c1. The van der Waals surface area contributed by atoms with E-state index in [4.69, 9.17) is 0 Å². The molecule has 3 heteroatoms. The molecule has 106 valence electrons. The summed E-state index contributed by atoms with van der Waals surface area (Å²) in [6.45, 7) is 2.74. The molecule has 2 rings (SSSR count). The zero-order valence-corrected chi connectivity index (χ0v) is 12.0. The lowest BCUT2D eigenvalue weighted by Gasteiger charge is -2.16. The van der Waals surface area contributed by atoms with Crippen LogP contribution in [0.4, 0.5) is 0 Å². The summed E-state index contributed by atoms with van der Waals surface area (Å²) in [4.78, 5) is 0. The molecule has 0 heterocycles. The van der Waals surface area contributed by atoms with Crippen LogP contribution < -0.4 is 5.32 Å². The van der Waals surface area contributed by atoms with Crippen molar-refractivity contribution >= 4 is 0 Å². The Kier molecular flexibility index (Phi) is 5.20. The van der Waals surface area contributed by atoms with E-state index in [1.54, 1.807) is 6.07 Å². The van der Waals surface area contributed by atoms with Crippen LogP contribution in [0.3, 0.4) is 0 Å². The molecular formula is C17H22N2O. The lowest BCUT2D eigenvalue weighted by atomic mass is 9.97. The van der Waals surface area contributed by atoms with Crippen molar-refractivity contribution in [3.8, 4) is 11.8 Å². The second-order valence-electron chi connectivity index (χ2n) is 5.44. The summed E-state index contributed by atoms with van der Waals surface area (Å²) in [5.74, 6) is 0.187. The Morgan fingerprint density at radius 1 is 1.40 bits per heavy atom. The third-order valence-electron chi connectivity index (χ3n) is 3.80. The summed E-state index contributed by atoms with van der Waals surface area (Å²) >= 11 is 0. The fourth-order valence-electron chi connectivity index (χ4n) is 2.64. The number of allylic oxidation sites excluding steroid dienone is 1. The molecule has 0 aliphatic heterocycles. The van der Waals surface area contributed by atoms with E-state index in [0.717, 1.165) is 18.5 Å². The summed E-state index contributed by atoms with van der Waals surface area (Å²) in [7, 11) is 0. The minimum Gasteiger partial charge on any atom is -0.508 e. The monoisotopic (exact) mass is 270 g/mol. The summed E-state index contributed by atoms with van der Waals surface area (Å²) in [5.41, 5.74) is 3.22. The van der Waals surface area contributed by atoms with Crippen LogP contribution in [0.1, 0.15) is 49.3 Å². The highest BCUT2D eigenvalue weighted by Gasteiger charge is 2.14. The smallest absolute Gasteiger partial charge is 0.124 e. The Morgan fingerprint density at radius 3 is 2.95 bits per heavy atom. The van der Waals surface area contributed by atoms with Crippen LogP contribution >= 0.6 is 0 Å². The predicted molar refractivity (Wildman–Crippen MR) is 80.4 cm³/mol. The molecule has 1 atom stereocenters. The Balaban J connectivity index is 1.94. The normalized spacial score (nSPS) is 16.3. The number of aromatic hydroxyl groups is 1. The first-order valence-electron chi connectivity index (χ1n) is 7.31. The summed E-state index contributed by atoms with van der Waals surface area (Å²) < 4.78 is 0. The number of hydrogen-bond acceptors (Lipinski definition) is 3. The minimum atomic E-state index is -0.445. The number of nitrogens with one attached hydrogen (secondary N) is 1. The van der Waals surface area contributed by atoms with Crippen LogP contribution in [0, 0.1) is 18.3 Å². The van der Waals surface area contributed by atoms with E-state index in [1.807, 2.05) is 19.1 Å². The molecule has 1 aliphatic rings. The van der Waals surface area contributed by atoms with Gasteiger partial charge in [-0.2, -0.15) is 5.26 Å². The first-order chi connectivity index (χ1) is 9.70. The van der Waals surface area contributed by atoms with Gasteiger partial charge in [-0.1, -0.05) is 23.3 Å². The Hall–Kier alpha value is -1.79. The first kappa shape index (κ1) is 14.6. The van der Waals surface area contributed by atoms with Gasteiger partial charge >= 0.3 is 0 Å². The third kappa shape index (κ3) is 3.85. The largest absolute Gasteiger partial charge is 0.508 e. The lowest BCUT2D eigenvalue weighted by molar-refractivity contribution is 0.459. The van der Waals surface area contributed by atoms with Crippen LogP contribution in [0.5, 0.6) is 5.75 Å². The van der Waals surface area contributed by atoms with Gasteiger partial charge < -0.3 is 5.11 Å². The van der Waals surface area contributed by atoms with E-state index < -0.39 is 6.04 Å². The predicted octanol–water partition coefficient (Wildman–Crippen LogP) is 3.75. The van der Waals surface area contributed by atoms with Crippen LogP contribution in [-0.2, 0) is 0 Å². The summed E-state index contributed by atoms with van der Waals surface area (Å²) in [6, 6.07) is 7.16. The number of benzene rings is 1. The second-order valence-corrected chi connectivity index (χ2v) is 5.44. The maximum absolute atomic E-state index is 9.88. The Morgan fingerprint density at radius 2 is 2.25 bits per heavy atom. The minimum absolute atomic E-state index is 0.187. The topological polar surface area (TPSA) is 56.0 Å². The zero-order valence-electron chi connectivity index (χ0n) is 12.0. The molecule has 1 aromatic carbocycles. The Labute approximate surface area is 120 Å². The standard InChI is InChI=1S/C17H22N2O/c1-13-7-8-17(20)15(11-13)16(12-18)19-10-9-14-5-3-2-4-6-14/h5,7-8,11,16,19-20H,2-4,6,9-10H2,1H3. The van der Waals surface area contributed by atoms with Gasteiger partial charge in [-0.05, 0) is 51.2 Å². The molecule has 0 radical (unpaired) electrons. The van der Waals surface area contributed by atoms with Crippen molar-refractivity contribution in [2.24, 2.45) is 0 Å². The maximum Gasteiger partial charge on any atom is 0.124 e. The summed E-state index contributed by atoms with van der Waals surface area (Å²) in [6.07, 6.45) is 8.28. The van der Waals surface area contributed by atoms with Gasteiger partial charge in [0.25, 0.3) is 0 Å². The molecular weight excluding hydrogens is 248 g/mol. The molecule has 3 nitrogen and oxygen atoms in total. The van der Waals surface area contributed by atoms with E-state index in [1.165, 1.54) is 31.3 Å². The van der Waals surface area contributed by atoms with Crippen molar-refractivity contribution in [3.05, 3.63) is 41.0 Å².